The lowest BCUT2D eigenvalue weighted by Crippen LogP contribution is -2.50. The minimum Gasteiger partial charge on any atom is -0.315 e. The molecule has 24 heavy (non-hydrogen) atoms. The second kappa shape index (κ2) is 8.15. The van der Waals surface area contributed by atoms with E-state index in [0.717, 1.165) is 39.0 Å². The first-order valence-corrected chi connectivity index (χ1v) is 10.6. The fourth-order valence-electron chi connectivity index (χ4n) is 3.60. The van der Waals surface area contributed by atoms with Gasteiger partial charge in [-0.2, -0.15) is 4.31 Å². The van der Waals surface area contributed by atoms with E-state index in [9.17, 15) is 8.42 Å². The molecule has 0 aliphatic carbocycles. The van der Waals surface area contributed by atoms with Gasteiger partial charge in [-0.1, -0.05) is 23.7 Å². The van der Waals surface area contributed by atoms with Crippen LogP contribution in [0, 0.1) is 0 Å². The monoisotopic (exact) mass is 371 g/mol. The molecule has 1 N–H and O–H groups in total. The number of hydrogen-bond acceptors (Lipinski definition) is 4. The molecule has 134 valence electrons. The highest BCUT2D eigenvalue weighted by molar-refractivity contribution is 7.89. The number of nitrogens with one attached hydrogen (secondary N) is 1. The third kappa shape index (κ3) is 4.11. The van der Waals surface area contributed by atoms with Crippen molar-refractivity contribution in [3.8, 4) is 0 Å². The summed E-state index contributed by atoms with van der Waals surface area (Å²) >= 11 is 6.19. The van der Waals surface area contributed by atoms with E-state index in [1.54, 1.807) is 28.6 Å². The van der Waals surface area contributed by atoms with E-state index in [2.05, 4.69) is 10.2 Å². The third-order valence-electron chi connectivity index (χ3n) is 4.94. The van der Waals surface area contributed by atoms with Crippen molar-refractivity contribution in [2.45, 2.75) is 36.6 Å². The first kappa shape index (κ1) is 18.1. The van der Waals surface area contributed by atoms with Crippen molar-refractivity contribution < 1.29 is 8.42 Å². The van der Waals surface area contributed by atoms with Gasteiger partial charge in [0.05, 0.1) is 5.02 Å². The van der Waals surface area contributed by atoms with Gasteiger partial charge in [0.2, 0.25) is 10.0 Å². The molecule has 0 bridgehead atoms. The Labute approximate surface area is 150 Å². The molecule has 1 atom stereocenters. The third-order valence-corrected chi connectivity index (χ3v) is 7.39. The SMILES string of the molecule is O=S(=O)(c1ccccc1Cl)N(CCN1CCCC1)C1CCCNC1. The van der Waals surface area contributed by atoms with E-state index >= 15 is 0 Å². The van der Waals surface area contributed by atoms with Crippen molar-refractivity contribution in [1.29, 1.82) is 0 Å². The van der Waals surface area contributed by atoms with Crippen LogP contribution in [0.3, 0.4) is 0 Å². The van der Waals surface area contributed by atoms with E-state index in [1.807, 2.05) is 0 Å². The Morgan fingerprint density at radius 1 is 1.21 bits per heavy atom. The second-order valence-corrected chi connectivity index (χ2v) is 8.86. The van der Waals surface area contributed by atoms with Crippen LogP contribution < -0.4 is 5.32 Å². The summed E-state index contributed by atoms with van der Waals surface area (Å²) < 4.78 is 28.2. The summed E-state index contributed by atoms with van der Waals surface area (Å²) in [4.78, 5) is 2.57. The maximum Gasteiger partial charge on any atom is 0.244 e. The van der Waals surface area contributed by atoms with Crippen LogP contribution in [0.5, 0.6) is 0 Å². The molecule has 2 aliphatic heterocycles. The van der Waals surface area contributed by atoms with Crippen LogP contribution in [-0.4, -0.2) is 62.9 Å². The first-order chi connectivity index (χ1) is 11.6. The molecule has 0 amide bonds. The number of benzene rings is 1. The lowest BCUT2D eigenvalue weighted by molar-refractivity contribution is 0.231. The zero-order chi connectivity index (χ0) is 17.0. The van der Waals surface area contributed by atoms with Gasteiger partial charge in [-0.3, -0.25) is 0 Å². The summed E-state index contributed by atoms with van der Waals surface area (Å²) in [6, 6.07) is 6.75. The van der Waals surface area contributed by atoms with Crippen molar-refractivity contribution in [2.75, 3.05) is 39.3 Å². The van der Waals surface area contributed by atoms with Gasteiger partial charge in [-0.25, -0.2) is 8.42 Å². The summed E-state index contributed by atoms with van der Waals surface area (Å²) in [5.41, 5.74) is 0. The van der Waals surface area contributed by atoms with Crippen molar-refractivity contribution in [3.63, 3.8) is 0 Å². The number of sulfonamides is 1. The minimum absolute atomic E-state index is 0.00243. The lowest BCUT2D eigenvalue weighted by Gasteiger charge is -2.35. The fourth-order valence-corrected chi connectivity index (χ4v) is 5.75. The average Bonchev–Trinajstić information content (AvgIpc) is 3.09. The fraction of sp³-hybridized carbons (Fsp3) is 0.647. The van der Waals surface area contributed by atoms with Crippen LogP contribution in [-0.2, 0) is 10.0 Å². The van der Waals surface area contributed by atoms with Gasteiger partial charge in [0.15, 0.2) is 0 Å². The van der Waals surface area contributed by atoms with E-state index in [-0.39, 0.29) is 10.9 Å². The van der Waals surface area contributed by atoms with Gasteiger partial charge in [0.25, 0.3) is 0 Å². The molecule has 3 rings (SSSR count). The Hall–Kier alpha value is -0.660. The molecule has 1 aromatic carbocycles. The minimum atomic E-state index is -3.59. The Kier molecular flexibility index (Phi) is 6.16. The highest BCUT2D eigenvalue weighted by Gasteiger charge is 2.33. The van der Waals surface area contributed by atoms with Gasteiger partial charge >= 0.3 is 0 Å². The zero-order valence-electron chi connectivity index (χ0n) is 14.0. The smallest absolute Gasteiger partial charge is 0.244 e. The summed E-state index contributed by atoms with van der Waals surface area (Å²) in [7, 11) is -3.59. The summed E-state index contributed by atoms with van der Waals surface area (Å²) in [5, 5.41) is 3.63. The van der Waals surface area contributed by atoms with Crippen molar-refractivity contribution in [1.82, 2.24) is 14.5 Å². The predicted molar refractivity (Wildman–Crippen MR) is 96.9 cm³/mol. The Bertz CT molecular complexity index is 641. The predicted octanol–water partition coefficient (Wildman–Crippen LogP) is 2.18. The number of halogens is 1. The molecular formula is C17H26ClN3O2S. The zero-order valence-corrected chi connectivity index (χ0v) is 15.5. The van der Waals surface area contributed by atoms with Crippen molar-refractivity contribution in [3.05, 3.63) is 29.3 Å². The summed E-state index contributed by atoms with van der Waals surface area (Å²) in [6.45, 7) is 5.14. The molecule has 2 aliphatic rings. The molecule has 5 nitrogen and oxygen atoms in total. The molecule has 0 spiro atoms. The van der Waals surface area contributed by atoms with Crippen LogP contribution in [0.1, 0.15) is 25.7 Å². The molecule has 1 aromatic rings. The average molecular weight is 372 g/mol. The van der Waals surface area contributed by atoms with Gasteiger partial charge < -0.3 is 10.2 Å². The number of rotatable bonds is 6. The van der Waals surface area contributed by atoms with Gasteiger partial charge in [-0.05, 0) is 57.5 Å². The van der Waals surface area contributed by atoms with E-state index in [0.29, 0.717) is 18.1 Å². The molecule has 2 heterocycles. The largest absolute Gasteiger partial charge is 0.315 e. The van der Waals surface area contributed by atoms with Gasteiger partial charge in [0.1, 0.15) is 4.90 Å². The molecule has 2 saturated heterocycles. The van der Waals surface area contributed by atoms with E-state index in [4.69, 9.17) is 11.6 Å². The van der Waals surface area contributed by atoms with Crippen LogP contribution in [0.4, 0.5) is 0 Å². The molecule has 0 aromatic heterocycles. The van der Waals surface area contributed by atoms with Crippen LogP contribution in [0.2, 0.25) is 5.02 Å². The summed E-state index contributed by atoms with van der Waals surface area (Å²) in [6.07, 6.45) is 4.32. The maximum atomic E-state index is 13.3. The lowest BCUT2D eigenvalue weighted by atomic mass is 10.1. The van der Waals surface area contributed by atoms with Gasteiger partial charge in [0, 0.05) is 25.7 Å². The van der Waals surface area contributed by atoms with E-state index < -0.39 is 10.0 Å². The Morgan fingerprint density at radius 2 is 1.96 bits per heavy atom. The van der Waals surface area contributed by atoms with Gasteiger partial charge in [-0.15, -0.1) is 0 Å². The molecule has 7 heteroatoms. The van der Waals surface area contributed by atoms with Crippen LogP contribution in [0.25, 0.3) is 0 Å². The second-order valence-electron chi connectivity index (χ2n) is 6.60. The molecular weight excluding hydrogens is 346 g/mol. The standard InChI is InChI=1S/C17H26ClN3O2S/c18-16-7-1-2-8-17(16)24(22,23)21(15-6-5-9-19-14-15)13-12-20-10-3-4-11-20/h1-2,7-8,15,19H,3-6,9-14H2. The highest BCUT2D eigenvalue weighted by atomic mass is 35.5. The maximum absolute atomic E-state index is 13.3. The summed E-state index contributed by atoms with van der Waals surface area (Å²) in [5.74, 6) is 0. The van der Waals surface area contributed by atoms with Crippen molar-refractivity contribution >= 4 is 21.6 Å². The van der Waals surface area contributed by atoms with Crippen molar-refractivity contribution in [2.24, 2.45) is 0 Å². The quantitative estimate of drug-likeness (QED) is 0.832. The number of nitrogens with zero attached hydrogens (tertiary/aromatic N) is 2. The topological polar surface area (TPSA) is 52.7 Å². The Morgan fingerprint density at radius 3 is 2.62 bits per heavy atom. The van der Waals surface area contributed by atoms with E-state index in [1.165, 1.54) is 12.8 Å². The Balaban J connectivity index is 1.83. The molecule has 0 saturated carbocycles. The normalized spacial score (nSPS) is 23.0. The number of piperidine rings is 1. The molecule has 1 unspecified atom stereocenters. The number of hydrogen-bond donors (Lipinski definition) is 1. The van der Waals surface area contributed by atoms with Crippen LogP contribution >= 0.6 is 11.6 Å². The van der Waals surface area contributed by atoms with Crippen LogP contribution in [0.15, 0.2) is 29.2 Å². The number of likely N-dealkylation sites (tertiary alicyclic amines) is 1. The first-order valence-electron chi connectivity index (χ1n) is 8.78. The molecule has 2 fully saturated rings. The molecule has 0 radical (unpaired) electrons. The highest BCUT2D eigenvalue weighted by Crippen LogP contribution is 2.27.